The standard InChI is InChI=1S/C11H15BrFNO/c1-8(2)14-5-6-15-11-7-9(12)3-4-10(11)13/h3-4,7-8,14H,5-6H2,1-2H3. The SMILES string of the molecule is CC(C)NCCOc1cc(Br)ccc1F. The topological polar surface area (TPSA) is 21.3 Å². The molecule has 0 saturated carbocycles. The highest BCUT2D eigenvalue weighted by molar-refractivity contribution is 9.10. The van der Waals surface area contributed by atoms with Gasteiger partial charge in [-0.05, 0) is 18.2 Å². The predicted molar refractivity (Wildman–Crippen MR) is 62.7 cm³/mol. The lowest BCUT2D eigenvalue weighted by molar-refractivity contribution is 0.294. The third kappa shape index (κ3) is 4.62. The molecule has 0 spiro atoms. The maximum atomic E-state index is 13.2. The molecule has 0 fully saturated rings. The van der Waals surface area contributed by atoms with Crippen molar-refractivity contribution in [1.82, 2.24) is 5.32 Å². The van der Waals surface area contributed by atoms with Gasteiger partial charge < -0.3 is 10.1 Å². The second-order valence-corrected chi connectivity index (χ2v) is 4.45. The molecule has 0 saturated heterocycles. The minimum Gasteiger partial charge on any atom is -0.489 e. The monoisotopic (exact) mass is 275 g/mol. The molecule has 0 unspecified atom stereocenters. The van der Waals surface area contributed by atoms with Gasteiger partial charge in [0.05, 0.1) is 0 Å². The normalized spacial score (nSPS) is 10.7. The van der Waals surface area contributed by atoms with E-state index in [0.717, 1.165) is 4.47 Å². The van der Waals surface area contributed by atoms with E-state index in [9.17, 15) is 4.39 Å². The van der Waals surface area contributed by atoms with Crippen LogP contribution in [0.15, 0.2) is 22.7 Å². The van der Waals surface area contributed by atoms with Gasteiger partial charge in [0.1, 0.15) is 6.61 Å². The summed E-state index contributed by atoms with van der Waals surface area (Å²) in [6.45, 7) is 5.29. The molecular formula is C11H15BrFNO. The Morgan fingerprint density at radius 3 is 2.87 bits per heavy atom. The van der Waals surface area contributed by atoms with Gasteiger partial charge in [0.2, 0.25) is 0 Å². The Hall–Kier alpha value is -0.610. The zero-order valence-corrected chi connectivity index (χ0v) is 10.5. The summed E-state index contributed by atoms with van der Waals surface area (Å²) in [6.07, 6.45) is 0. The van der Waals surface area contributed by atoms with Crippen molar-refractivity contribution < 1.29 is 9.13 Å². The molecule has 0 bridgehead atoms. The first kappa shape index (κ1) is 12.5. The molecule has 1 aromatic carbocycles. The van der Waals surface area contributed by atoms with Gasteiger partial charge in [0.25, 0.3) is 0 Å². The molecule has 1 N–H and O–H groups in total. The lowest BCUT2D eigenvalue weighted by Gasteiger charge is -2.10. The maximum absolute atomic E-state index is 13.2. The van der Waals surface area contributed by atoms with Gasteiger partial charge in [0, 0.05) is 17.1 Å². The minimum absolute atomic E-state index is 0.287. The number of halogens is 2. The first-order chi connectivity index (χ1) is 7.09. The molecule has 0 heterocycles. The zero-order chi connectivity index (χ0) is 11.3. The minimum atomic E-state index is -0.331. The number of hydrogen-bond acceptors (Lipinski definition) is 2. The van der Waals surface area contributed by atoms with Crippen LogP contribution in [0.25, 0.3) is 0 Å². The molecule has 0 radical (unpaired) electrons. The van der Waals surface area contributed by atoms with Crippen LogP contribution in [-0.2, 0) is 0 Å². The molecule has 1 aromatic rings. The van der Waals surface area contributed by atoms with Crippen molar-refractivity contribution in [2.24, 2.45) is 0 Å². The molecule has 2 nitrogen and oxygen atoms in total. The van der Waals surface area contributed by atoms with Crippen LogP contribution in [0.5, 0.6) is 5.75 Å². The molecule has 1 rings (SSSR count). The number of rotatable bonds is 5. The number of benzene rings is 1. The number of hydrogen-bond donors (Lipinski definition) is 1. The molecule has 0 atom stereocenters. The van der Waals surface area contributed by atoms with Crippen LogP contribution < -0.4 is 10.1 Å². The van der Waals surface area contributed by atoms with E-state index in [0.29, 0.717) is 19.2 Å². The first-order valence-electron chi connectivity index (χ1n) is 4.91. The molecule has 0 aromatic heterocycles. The van der Waals surface area contributed by atoms with Gasteiger partial charge in [-0.3, -0.25) is 0 Å². The summed E-state index contributed by atoms with van der Waals surface area (Å²) in [7, 11) is 0. The van der Waals surface area contributed by atoms with Crippen LogP contribution in [0, 0.1) is 5.82 Å². The second-order valence-electron chi connectivity index (χ2n) is 3.53. The highest BCUT2D eigenvalue weighted by atomic mass is 79.9. The van der Waals surface area contributed by atoms with E-state index in [1.165, 1.54) is 6.07 Å². The van der Waals surface area contributed by atoms with Crippen LogP contribution in [-0.4, -0.2) is 19.2 Å². The fraction of sp³-hybridized carbons (Fsp3) is 0.455. The second kappa shape index (κ2) is 6.08. The maximum Gasteiger partial charge on any atom is 0.165 e. The summed E-state index contributed by atoms with van der Waals surface area (Å²) >= 11 is 3.27. The van der Waals surface area contributed by atoms with Gasteiger partial charge in [-0.2, -0.15) is 0 Å². The van der Waals surface area contributed by atoms with Crippen LogP contribution >= 0.6 is 15.9 Å². The lowest BCUT2D eigenvalue weighted by Crippen LogP contribution is -2.27. The Balaban J connectivity index is 2.40. The van der Waals surface area contributed by atoms with Gasteiger partial charge >= 0.3 is 0 Å². The Morgan fingerprint density at radius 1 is 1.47 bits per heavy atom. The van der Waals surface area contributed by atoms with E-state index in [1.807, 2.05) is 0 Å². The summed E-state index contributed by atoms with van der Waals surface area (Å²) in [4.78, 5) is 0. The quantitative estimate of drug-likeness (QED) is 0.835. The average Bonchev–Trinajstić information content (AvgIpc) is 2.17. The van der Waals surface area contributed by atoms with Crippen LogP contribution in [0.2, 0.25) is 0 Å². The van der Waals surface area contributed by atoms with E-state index >= 15 is 0 Å². The Labute approximate surface area is 98.0 Å². The highest BCUT2D eigenvalue weighted by Crippen LogP contribution is 2.21. The fourth-order valence-electron chi connectivity index (χ4n) is 1.10. The van der Waals surface area contributed by atoms with E-state index in [1.54, 1.807) is 12.1 Å². The zero-order valence-electron chi connectivity index (χ0n) is 8.89. The number of ether oxygens (including phenoxy) is 1. The average molecular weight is 276 g/mol. The van der Waals surface area contributed by atoms with Crippen molar-refractivity contribution in [3.05, 3.63) is 28.5 Å². The van der Waals surface area contributed by atoms with E-state index in [4.69, 9.17) is 4.74 Å². The van der Waals surface area contributed by atoms with Crippen molar-refractivity contribution in [2.45, 2.75) is 19.9 Å². The summed E-state index contributed by atoms with van der Waals surface area (Å²) in [5, 5.41) is 3.19. The van der Waals surface area contributed by atoms with Crippen molar-refractivity contribution >= 4 is 15.9 Å². The van der Waals surface area contributed by atoms with Crippen LogP contribution in [0.1, 0.15) is 13.8 Å². The highest BCUT2D eigenvalue weighted by Gasteiger charge is 2.03. The van der Waals surface area contributed by atoms with Crippen molar-refractivity contribution in [3.8, 4) is 5.75 Å². The van der Waals surface area contributed by atoms with Gasteiger partial charge in [0.15, 0.2) is 11.6 Å². The third-order valence-electron chi connectivity index (χ3n) is 1.81. The van der Waals surface area contributed by atoms with Gasteiger partial charge in [-0.1, -0.05) is 29.8 Å². The summed E-state index contributed by atoms with van der Waals surface area (Å²) in [5.74, 6) is -0.0438. The third-order valence-corrected chi connectivity index (χ3v) is 2.30. The lowest BCUT2D eigenvalue weighted by atomic mass is 10.3. The summed E-state index contributed by atoms with van der Waals surface area (Å²) in [5.41, 5.74) is 0. The Morgan fingerprint density at radius 2 is 2.20 bits per heavy atom. The molecule has 15 heavy (non-hydrogen) atoms. The van der Waals surface area contributed by atoms with Crippen molar-refractivity contribution in [3.63, 3.8) is 0 Å². The molecule has 0 aliphatic rings. The molecule has 0 amide bonds. The van der Waals surface area contributed by atoms with E-state index in [-0.39, 0.29) is 11.6 Å². The van der Waals surface area contributed by atoms with Gasteiger partial charge in [-0.25, -0.2) is 4.39 Å². The predicted octanol–water partition coefficient (Wildman–Crippen LogP) is 2.97. The largest absolute Gasteiger partial charge is 0.489 e. The molecule has 4 heteroatoms. The summed E-state index contributed by atoms with van der Waals surface area (Å²) in [6, 6.07) is 5.08. The van der Waals surface area contributed by atoms with Crippen molar-refractivity contribution in [1.29, 1.82) is 0 Å². The first-order valence-corrected chi connectivity index (χ1v) is 5.70. The van der Waals surface area contributed by atoms with Crippen LogP contribution in [0.3, 0.4) is 0 Å². The molecule has 0 aliphatic carbocycles. The number of nitrogens with one attached hydrogen (secondary N) is 1. The van der Waals surface area contributed by atoms with Gasteiger partial charge in [-0.15, -0.1) is 0 Å². The molecule has 0 aliphatic heterocycles. The Kier molecular flexibility index (Phi) is 5.05. The van der Waals surface area contributed by atoms with Crippen molar-refractivity contribution in [2.75, 3.05) is 13.2 Å². The molecule has 84 valence electrons. The summed E-state index contributed by atoms with van der Waals surface area (Å²) < 4.78 is 19.3. The smallest absolute Gasteiger partial charge is 0.165 e. The van der Waals surface area contributed by atoms with E-state index in [2.05, 4.69) is 35.1 Å². The fourth-order valence-corrected chi connectivity index (χ4v) is 1.44. The van der Waals surface area contributed by atoms with E-state index < -0.39 is 0 Å². The molecular weight excluding hydrogens is 261 g/mol. The Bertz CT molecular complexity index is 317. The van der Waals surface area contributed by atoms with Crippen LogP contribution in [0.4, 0.5) is 4.39 Å².